The molecule has 0 bridgehead atoms. The Hall–Kier alpha value is -2.31. The summed E-state index contributed by atoms with van der Waals surface area (Å²) in [4.78, 5) is 7.79. The molecule has 0 radical (unpaired) electrons. The molecule has 0 atom stereocenters. The number of hydrogen-bond acceptors (Lipinski definition) is 4. The smallest absolute Gasteiger partial charge is 0.416 e. The standard InChI is InChI=1S/C14H14F3N3O/c1-21-12-8-11(14(15,16)17)3-2-10(12)4-7-19-13-5-6-18-9-20-13/h2-3,5-6,8-9H,4,7H2,1H3,(H,18,19,20). The third-order valence-electron chi connectivity index (χ3n) is 2.90. The number of halogens is 3. The van der Waals surface area contributed by atoms with Crippen molar-refractivity contribution in [2.24, 2.45) is 0 Å². The van der Waals surface area contributed by atoms with Gasteiger partial charge >= 0.3 is 6.18 Å². The molecule has 4 nitrogen and oxygen atoms in total. The number of benzene rings is 1. The molecule has 1 heterocycles. The van der Waals surface area contributed by atoms with Crippen molar-refractivity contribution < 1.29 is 17.9 Å². The predicted octanol–water partition coefficient (Wildman–Crippen LogP) is 3.16. The van der Waals surface area contributed by atoms with Gasteiger partial charge in [-0.15, -0.1) is 0 Å². The van der Waals surface area contributed by atoms with Gasteiger partial charge in [0.2, 0.25) is 0 Å². The Balaban J connectivity index is 2.03. The van der Waals surface area contributed by atoms with E-state index in [1.165, 1.54) is 19.5 Å². The average molecular weight is 297 g/mol. The first kappa shape index (κ1) is 15.1. The van der Waals surface area contributed by atoms with Crippen molar-refractivity contribution in [2.45, 2.75) is 12.6 Å². The molecule has 0 spiro atoms. The zero-order valence-electron chi connectivity index (χ0n) is 11.3. The van der Waals surface area contributed by atoms with Gasteiger partial charge in [0.25, 0.3) is 0 Å². The lowest BCUT2D eigenvalue weighted by atomic mass is 10.1. The lowest BCUT2D eigenvalue weighted by Crippen LogP contribution is -2.09. The Labute approximate surface area is 120 Å². The molecule has 7 heteroatoms. The van der Waals surface area contributed by atoms with Crippen molar-refractivity contribution >= 4 is 5.82 Å². The van der Waals surface area contributed by atoms with Gasteiger partial charge < -0.3 is 10.1 Å². The van der Waals surface area contributed by atoms with Gasteiger partial charge in [-0.05, 0) is 30.2 Å². The lowest BCUT2D eigenvalue weighted by Gasteiger charge is -2.13. The maximum absolute atomic E-state index is 12.6. The summed E-state index contributed by atoms with van der Waals surface area (Å²) in [6.45, 7) is 0.527. The fourth-order valence-corrected chi connectivity index (χ4v) is 1.85. The van der Waals surface area contributed by atoms with E-state index in [-0.39, 0.29) is 5.75 Å². The number of rotatable bonds is 5. The minimum atomic E-state index is -4.37. The summed E-state index contributed by atoms with van der Waals surface area (Å²) in [5.74, 6) is 0.894. The number of anilines is 1. The Morgan fingerprint density at radius 3 is 2.67 bits per heavy atom. The van der Waals surface area contributed by atoms with Crippen molar-refractivity contribution in [2.75, 3.05) is 19.0 Å². The van der Waals surface area contributed by atoms with E-state index in [0.29, 0.717) is 24.3 Å². The van der Waals surface area contributed by atoms with Crippen LogP contribution in [-0.4, -0.2) is 23.6 Å². The van der Waals surface area contributed by atoms with Crippen LogP contribution in [0.2, 0.25) is 0 Å². The minimum Gasteiger partial charge on any atom is -0.496 e. The molecule has 0 aliphatic rings. The fraction of sp³-hybridized carbons (Fsp3) is 0.286. The van der Waals surface area contributed by atoms with Crippen LogP contribution in [0.5, 0.6) is 5.75 Å². The molecule has 2 rings (SSSR count). The van der Waals surface area contributed by atoms with E-state index >= 15 is 0 Å². The van der Waals surface area contributed by atoms with Crippen molar-refractivity contribution in [3.05, 3.63) is 47.9 Å². The molecule has 1 N–H and O–H groups in total. The fourth-order valence-electron chi connectivity index (χ4n) is 1.85. The summed E-state index contributed by atoms with van der Waals surface area (Å²) in [5, 5.41) is 3.06. The first-order valence-corrected chi connectivity index (χ1v) is 6.24. The van der Waals surface area contributed by atoms with Crippen LogP contribution in [0.3, 0.4) is 0 Å². The van der Waals surface area contributed by atoms with E-state index in [4.69, 9.17) is 4.74 Å². The van der Waals surface area contributed by atoms with Crippen molar-refractivity contribution in [1.82, 2.24) is 9.97 Å². The maximum Gasteiger partial charge on any atom is 0.416 e. The summed E-state index contributed by atoms with van der Waals surface area (Å²) >= 11 is 0. The van der Waals surface area contributed by atoms with Gasteiger partial charge in [0.1, 0.15) is 17.9 Å². The highest BCUT2D eigenvalue weighted by molar-refractivity contribution is 5.40. The van der Waals surface area contributed by atoms with Gasteiger partial charge in [0.15, 0.2) is 0 Å². The highest BCUT2D eigenvalue weighted by Gasteiger charge is 2.31. The van der Waals surface area contributed by atoms with Crippen LogP contribution < -0.4 is 10.1 Å². The number of alkyl halides is 3. The van der Waals surface area contributed by atoms with E-state index in [2.05, 4.69) is 15.3 Å². The molecule has 0 aliphatic heterocycles. The Morgan fingerprint density at radius 1 is 1.24 bits per heavy atom. The second kappa shape index (κ2) is 6.43. The summed E-state index contributed by atoms with van der Waals surface area (Å²) in [6.07, 6.45) is -0.828. The summed E-state index contributed by atoms with van der Waals surface area (Å²) in [6, 6.07) is 5.22. The molecule has 0 saturated carbocycles. The van der Waals surface area contributed by atoms with Crippen LogP contribution in [-0.2, 0) is 12.6 Å². The Morgan fingerprint density at radius 2 is 2.05 bits per heavy atom. The first-order chi connectivity index (χ1) is 10.0. The monoisotopic (exact) mass is 297 g/mol. The van der Waals surface area contributed by atoms with Gasteiger partial charge in [-0.1, -0.05) is 6.07 Å². The minimum absolute atomic E-state index is 0.231. The normalized spacial score (nSPS) is 11.2. The Kier molecular flexibility index (Phi) is 4.62. The molecular weight excluding hydrogens is 283 g/mol. The number of methoxy groups -OCH3 is 1. The molecule has 1 aromatic heterocycles. The van der Waals surface area contributed by atoms with Crippen LogP contribution in [0, 0.1) is 0 Å². The number of ether oxygens (including phenoxy) is 1. The maximum atomic E-state index is 12.6. The van der Waals surface area contributed by atoms with E-state index in [1.54, 1.807) is 12.3 Å². The number of nitrogens with one attached hydrogen (secondary N) is 1. The molecule has 0 unspecified atom stereocenters. The van der Waals surface area contributed by atoms with Gasteiger partial charge in [-0.2, -0.15) is 13.2 Å². The highest BCUT2D eigenvalue weighted by atomic mass is 19.4. The van der Waals surface area contributed by atoms with Crippen molar-refractivity contribution in [3.8, 4) is 5.75 Å². The first-order valence-electron chi connectivity index (χ1n) is 6.24. The predicted molar refractivity (Wildman–Crippen MR) is 72.2 cm³/mol. The number of nitrogens with zero attached hydrogens (tertiary/aromatic N) is 2. The van der Waals surface area contributed by atoms with E-state index in [9.17, 15) is 13.2 Å². The summed E-state index contributed by atoms with van der Waals surface area (Å²) in [7, 11) is 1.36. The SMILES string of the molecule is COc1cc(C(F)(F)F)ccc1CCNc1ccncn1. The van der Waals surface area contributed by atoms with Gasteiger partial charge in [-0.3, -0.25) is 0 Å². The number of hydrogen-bond donors (Lipinski definition) is 1. The molecule has 0 fully saturated rings. The van der Waals surface area contributed by atoms with Gasteiger partial charge in [0.05, 0.1) is 12.7 Å². The third kappa shape index (κ3) is 4.08. The lowest BCUT2D eigenvalue weighted by molar-refractivity contribution is -0.137. The molecule has 21 heavy (non-hydrogen) atoms. The second-order valence-electron chi connectivity index (χ2n) is 4.30. The van der Waals surface area contributed by atoms with Crippen molar-refractivity contribution in [1.29, 1.82) is 0 Å². The number of aromatic nitrogens is 2. The molecule has 112 valence electrons. The largest absolute Gasteiger partial charge is 0.496 e. The summed E-state index contributed by atoms with van der Waals surface area (Å²) in [5.41, 5.74) is -0.0149. The van der Waals surface area contributed by atoms with Crippen LogP contribution in [0.4, 0.5) is 19.0 Å². The van der Waals surface area contributed by atoms with Crippen LogP contribution >= 0.6 is 0 Å². The topological polar surface area (TPSA) is 47.0 Å². The van der Waals surface area contributed by atoms with Gasteiger partial charge in [-0.25, -0.2) is 9.97 Å². The summed E-state index contributed by atoms with van der Waals surface area (Å²) < 4.78 is 42.9. The molecule has 1 aromatic carbocycles. The van der Waals surface area contributed by atoms with E-state index in [0.717, 1.165) is 12.1 Å². The van der Waals surface area contributed by atoms with Crippen LogP contribution in [0.1, 0.15) is 11.1 Å². The highest BCUT2D eigenvalue weighted by Crippen LogP contribution is 2.33. The van der Waals surface area contributed by atoms with Crippen LogP contribution in [0.15, 0.2) is 36.8 Å². The zero-order valence-corrected chi connectivity index (χ0v) is 11.3. The quantitative estimate of drug-likeness (QED) is 0.921. The molecule has 0 amide bonds. The molecule has 0 aliphatic carbocycles. The second-order valence-corrected chi connectivity index (χ2v) is 4.30. The Bertz CT molecular complexity index is 588. The molecule has 0 saturated heterocycles. The van der Waals surface area contributed by atoms with Gasteiger partial charge in [0, 0.05) is 12.7 Å². The van der Waals surface area contributed by atoms with Crippen molar-refractivity contribution in [3.63, 3.8) is 0 Å². The van der Waals surface area contributed by atoms with E-state index in [1.807, 2.05) is 0 Å². The molecule has 2 aromatic rings. The average Bonchev–Trinajstić information content (AvgIpc) is 2.47. The van der Waals surface area contributed by atoms with E-state index < -0.39 is 11.7 Å². The molecular formula is C14H14F3N3O. The van der Waals surface area contributed by atoms with Crippen LogP contribution in [0.25, 0.3) is 0 Å². The zero-order chi connectivity index (χ0) is 15.3. The third-order valence-corrected chi connectivity index (χ3v) is 2.90.